The molecule has 1 atom stereocenters. The molecule has 168 valence electrons. The van der Waals surface area contributed by atoms with Crippen molar-refractivity contribution in [1.29, 1.82) is 0 Å². The van der Waals surface area contributed by atoms with Gasteiger partial charge in [0.1, 0.15) is 4.21 Å². The van der Waals surface area contributed by atoms with E-state index in [0.29, 0.717) is 11.5 Å². The predicted molar refractivity (Wildman–Crippen MR) is 115 cm³/mol. The zero-order chi connectivity index (χ0) is 22.6. The van der Waals surface area contributed by atoms with Crippen molar-refractivity contribution in [1.82, 2.24) is 14.5 Å². The number of thiophene rings is 1. The molecule has 1 saturated heterocycles. The van der Waals surface area contributed by atoms with Crippen LogP contribution in [0.3, 0.4) is 0 Å². The minimum atomic E-state index is -3.97. The zero-order valence-electron chi connectivity index (χ0n) is 17.1. The van der Waals surface area contributed by atoms with Crippen LogP contribution in [0.5, 0.6) is 11.5 Å². The standard InChI is InChI=1S/C19H24N4O6S2/c1-28-14-6-5-13(12-15(14)29-2)19(25)22-9-10-23(18(22)17(24)21-8-7-20)31(26,27)16-4-3-11-30-16/h3-6,11-12,18H,7-10,20H2,1-2H3,(H,21,24). The average molecular weight is 469 g/mol. The second-order valence-corrected chi connectivity index (χ2v) is 9.63. The van der Waals surface area contributed by atoms with Gasteiger partial charge in [-0.25, -0.2) is 8.42 Å². The molecule has 2 amide bonds. The minimum Gasteiger partial charge on any atom is -0.493 e. The van der Waals surface area contributed by atoms with Crippen LogP contribution in [0.4, 0.5) is 0 Å². The number of sulfonamides is 1. The highest BCUT2D eigenvalue weighted by atomic mass is 32.2. The first-order valence-corrected chi connectivity index (χ1v) is 11.7. The molecule has 31 heavy (non-hydrogen) atoms. The number of nitrogens with zero attached hydrogens (tertiary/aromatic N) is 2. The van der Waals surface area contributed by atoms with E-state index >= 15 is 0 Å². The molecular weight excluding hydrogens is 444 g/mol. The van der Waals surface area contributed by atoms with Gasteiger partial charge in [-0.15, -0.1) is 11.3 Å². The van der Waals surface area contributed by atoms with Crippen molar-refractivity contribution in [2.24, 2.45) is 5.73 Å². The SMILES string of the molecule is COc1ccc(C(=O)N2CCN(S(=O)(=O)c3cccs3)C2C(=O)NCCN)cc1OC. The van der Waals surface area contributed by atoms with E-state index in [1.165, 1.54) is 37.3 Å². The highest BCUT2D eigenvalue weighted by Gasteiger charge is 2.46. The van der Waals surface area contributed by atoms with Gasteiger partial charge in [-0.05, 0) is 29.6 Å². The van der Waals surface area contributed by atoms with E-state index in [0.717, 1.165) is 15.6 Å². The average Bonchev–Trinajstić information content (AvgIpc) is 3.47. The first-order chi connectivity index (χ1) is 14.8. The lowest BCUT2D eigenvalue weighted by Gasteiger charge is -2.28. The third-order valence-electron chi connectivity index (χ3n) is 4.76. The van der Waals surface area contributed by atoms with Gasteiger partial charge in [0.25, 0.3) is 21.8 Å². The first-order valence-electron chi connectivity index (χ1n) is 9.41. The van der Waals surface area contributed by atoms with Gasteiger partial charge in [0.15, 0.2) is 17.7 Å². The van der Waals surface area contributed by atoms with Gasteiger partial charge < -0.3 is 25.4 Å². The van der Waals surface area contributed by atoms with Crippen molar-refractivity contribution in [3.8, 4) is 11.5 Å². The molecule has 2 heterocycles. The molecule has 1 aliphatic rings. The van der Waals surface area contributed by atoms with Crippen molar-refractivity contribution >= 4 is 33.2 Å². The molecule has 3 rings (SSSR count). The lowest BCUT2D eigenvalue weighted by Crippen LogP contribution is -2.54. The number of ether oxygens (including phenoxy) is 2. The normalized spacial score (nSPS) is 16.9. The monoisotopic (exact) mass is 468 g/mol. The number of hydrogen-bond acceptors (Lipinski definition) is 8. The lowest BCUT2D eigenvalue weighted by atomic mass is 10.1. The molecular formula is C19H24N4O6S2. The molecule has 1 unspecified atom stereocenters. The summed E-state index contributed by atoms with van der Waals surface area (Å²) in [6.45, 7) is 0.374. The maximum absolute atomic E-state index is 13.3. The highest BCUT2D eigenvalue weighted by Crippen LogP contribution is 2.31. The van der Waals surface area contributed by atoms with Gasteiger partial charge in [-0.2, -0.15) is 4.31 Å². The number of nitrogens with two attached hydrogens (primary N) is 1. The van der Waals surface area contributed by atoms with Crippen LogP contribution in [0.2, 0.25) is 0 Å². The number of rotatable bonds is 8. The van der Waals surface area contributed by atoms with E-state index in [-0.39, 0.29) is 36.0 Å². The van der Waals surface area contributed by atoms with Crippen molar-refractivity contribution in [3.63, 3.8) is 0 Å². The number of hydrogen-bond donors (Lipinski definition) is 2. The van der Waals surface area contributed by atoms with Crippen molar-refractivity contribution in [2.75, 3.05) is 40.4 Å². The Balaban J connectivity index is 1.97. The Morgan fingerprint density at radius 3 is 2.55 bits per heavy atom. The van der Waals surface area contributed by atoms with E-state index < -0.39 is 28.0 Å². The van der Waals surface area contributed by atoms with E-state index in [4.69, 9.17) is 15.2 Å². The summed E-state index contributed by atoms with van der Waals surface area (Å²) in [5.74, 6) is -0.325. The highest BCUT2D eigenvalue weighted by molar-refractivity contribution is 7.91. The maximum Gasteiger partial charge on any atom is 0.259 e. The Labute approximate surface area is 184 Å². The summed E-state index contributed by atoms with van der Waals surface area (Å²) in [6, 6.07) is 7.69. The number of carbonyl (C=O) groups excluding carboxylic acids is 2. The molecule has 0 aliphatic carbocycles. The summed E-state index contributed by atoms with van der Waals surface area (Å²) in [5.41, 5.74) is 5.71. The van der Waals surface area contributed by atoms with Gasteiger partial charge in [0.05, 0.1) is 14.2 Å². The lowest BCUT2D eigenvalue weighted by molar-refractivity contribution is -0.127. The second-order valence-electron chi connectivity index (χ2n) is 6.57. The fraction of sp³-hybridized carbons (Fsp3) is 0.368. The quantitative estimate of drug-likeness (QED) is 0.570. The van der Waals surface area contributed by atoms with Gasteiger partial charge >= 0.3 is 0 Å². The van der Waals surface area contributed by atoms with Crippen LogP contribution in [0.1, 0.15) is 10.4 Å². The number of carbonyl (C=O) groups is 2. The summed E-state index contributed by atoms with van der Waals surface area (Å²) in [7, 11) is -1.04. The molecule has 0 bridgehead atoms. The Morgan fingerprint density at radius 1 is 1.19 bits per heavy atom. The molecule has 0 radical (unpaired) electrons. The van der Waals surface area contributed by atoms with Crippen molar-refractivity contribution < 1.29 is 27.5 Å². The summed E-state index contributed by atoms with van der Waals surface area (Å²) in [4.78, 5) is 27.4. The molecule has 0 spiro atoms. The fourth-order valence-corrected chi connectivity index (χ4v) is 5.96. The topological polar surface area (TPSA) is 131 Å². The smallest absolute Gasteiger partial charge is 0.259 e. The van der Waals surface area contributed by atoms with E-state index in [1.807, 2.05) is 0 Å². The number of methoxy groups -OCH3 is 2. The van der Waals surface area contributed by atoms with Crippen molar-refractivity contribution in [2.45, 2.75) is 10.4 Å². The minimum absolute atomic E-state index is 0.0139. The number of benzene rings is 1. The zero-order valence-corrected chi connectivity index (χ0v) is 18.7. The molecule has 2 aromatic rings. The summed E-state index contributed by atoms with van der Waals surface area (Å²) in [6.07, 6.45) is -1.33. The van der Waals surface area contributed by atoms with Gasteiger partial charge in [0.2, 0.25) is 0 Å². The van der Waals surface area contributed by atoms with Gasteiger partial charge in [-0.3, -0.25) is 9.59 Å². The van der Waals surface area contributed by atoms with E-state index in [2.05, 4.69) is 5.32 Å². The predicted octanol–water partition coefficient (Wildman–Crippen LogP) is 0.313. The second kappa shape index (κ2) is 9.64. The molecule has 1 aromatic carbocycles. The fourth-order valence-electron chi connectivity index (χ4n) is 3.29. The van der Waals surface area contributed by atoms with Crippen LogP contribution in [0.25, 0.3) is 0 Å². The maximum atomic E-state index is 13.3. The first kappa shape index (κ1) is 23.0. The third kappa shape index (κ3) is 4.51. The summed E-state index contributed by atoms with van der Waals surface area (Å²) in [5, 5.41) is 4.23. The Morgan fingerprint density at radius 2 is 1.94 bits per heavy atom. The third-order valence-corrected chi connectivity index (χ3v) is 7.98. The van der Waals surface area contributed by atoms with Gasteiger partial charge in [0, 0.05) is 31.7 Å². The van der Waals surface area contributed by atoms with Crippen LogP contribution in [-0.2, 0) is 14.8 Å². The number of amides is 2. The van der Waals surface area contributed by atoms with Gasteiger partial charge in [-0.1, -0.05) is 6.07 Å². The summed E-state index contributed by atoms with van der Waals surface area (Å²) < 4.78 is 37.8. The van der Waals surface area contributed by atoms with E-state index in [9.17, 15) is 18.0 Å². The largest absolute Gasteiger partial charge is 0.493 e. The van der Waals surface area contributed by atoms with Crippen LogP contribution in [-0.4, -0.2) is 76.0 Å². The van der Waals surface area contributed by atoms with Crippen molar-refractivity contribution in [3.05, 3.63) is 41.3 Å². The van der Waals surface area contributed by atoms with Crippen LogP contribution >= 0.6 is 11.3 Å². The molecule has 3 N–H and O–H groups in total. The Hall–Kier alpha value is -2.67. The molecule has 1 fully saturated rings. The molecule has 0 saturated carbocycles. The van der Waals surface area contributed by atoms with Crippen LogP contribution in [0, 0.1) is 0 Å². The number of nitrogens with one attached hydrogen (secondary N) is 1. The summed E-state index contributed by atoms with van der Waals surface area (Å²) >= 11 is 1.05. The molecule has 1 aromatic heterocycles. The molecule has 10 nitrogen and oxygen atoms in total. The Kier molecular flexibility index (Phi) is 7.15. The molecule has 12 heteroatoms. The van der Waals surface area contributed by atoms with Crippen LogP contribution in [0.15, 0.2) is 39.9 Å². The van der Waals surface area contributed by atoms with E-state index in [1.54, 1.807) is 17.5 Å². The van der Waals surface area contributed by atoms with Crippen LogP contribution < -0.4 is 20.5 Å². The Bertz CT molecular complexity index is 1040. The molecule has 1 aliphatic heterocycles.